The summed E-state index contributed by atoms with van der Waals surface area (Å²) in [4.78, 5) is 4.61. The molecule has 0 aliphatic rings. The highest BCUT2D eigenvalue weighted by Gasteiger charge is 1.95. The van der Waals surface area contributed by atoms with E-state index in [2.05, 4.69) is 9.99 Å². The van der Waals surface area contributed by atoms with E-state index in [-0.39, 0.29) is 0 Å². The van der Waals surface area contributed by atoms with Gasteiger partial charge in [-0.2, -0.15) is 0 Å². The summed E-state index contributed by atoms with van der Waals surface area (Å²) in [6, 6.07) is 17.3. The van der Waals surface area contributed by atoms with Crippen molar-refractivity contribution < 1.29 is 9.57 Å². The van der Waals surface area contributed by atoms with E-state index in [1.165, 1.54) is 7.11 Å². The molecule has 0 bridgehead atoms. The smallest absolute Gasteiger partial charge is 0.127 e. The van der Waals surface area contributed by atoms with Crippen LogP contribution in [0.5, 0.6) is 11.5 Å². The Morgan fingerprint density at radius 2 is 1.53 bits per heavy atom. The maximum Gasteiger partial charge on any atom is 0.127 e. The first kappa shape index (κ1) is 11.2. The summed E-state index contributed by atoms with van der Waals surface area (Å²) in [5.41, 5.74) is 0.965. The Balaban J connectivity index is 2.06. The van der Waals surface area contributed by atoms with Crippen molar-refractivity contribution in [3.63, 3.8) is 0 Å². The Morgan fingerprint density at radius 1 is 0.882 bits per heavy atom. The Morgan fingerprint density at radius 3 is 2.18 bits per heavy atom. The highest BCUT2D eigenvalue weighted by molar-refractivity contribution is 5.79. The SMILES string of the molecule is CO/N=C/c1ccc(Oc2ccccc2)cc1. The Kier molecular flexibility index (Phi) is 3.76. The molecular formula is C14H13NO2. The second-order valence-corrected chi connectivity index (χ2v) is 3.40. The average molecular weight is 227 g/mol. The highest BCUT2D eigenvalue weighted by atomic mass is 16.6. The summed E-state index contributed by atoms with van der Waals surface area (Å²) in [6.45, 7) is 0. The number of para-hydroxylation sites is 1. The highest BCUT2D eigenvalue weighted by Crippen LogP contribution is 2.20. The summed E-state index contributed by atoms with van der Waals surface area (Å²) in [6.07, 6.45) is 1.65. The quantitative estimate of drug-likeness (QED) is 0.591. The lowest BCUT2D eigenvalue weighted by Gasteiger charge is -2.04. The van der Waals surface area contributed by atoms with Crippen LogP contribution in [0.4, 0.5) is 0 Å². The molecule has 0 atom stereocenters. The molecule has 0 saturated heterocycles. The lowest BCUT2D eigenvalue weighted by Crippen LogP contribution is -1.85. The first-order chi connectivity index (χ1) is 8.38. The van der Waals surface area contributed by atoms with E-state index in [0.717, 1.165) is 17.1 Å². The molecule has 0 unspecified atom stereocenters. The van der Waals surface area contributed by atoms with Crippen LogP contribution in [0.2, 0.25) is 0 Å². The van der Waals surface area contributed by atoms with Crippen LogP contribution in [-0.2, 0) is 4.84 Å². The third kappa shape index (κ3) is 3.34. The van der Waals surface area contributed by atoms with Gasteiger partial charge < -0.3 is 9.57 Å². The maximum atomic E-state index is 5.66. The monoisotopic (exact) mass is 227 g/mol. The van der Waals surface area contributed by atoms with Gasteiger partial charge in [-0.3, -0.25) is 0 Å². The van der Waals surface area contributed by atoms with Gasteiger partial charge >= 0.3 is 0 Å². The van der Waals surface area contributed by atoms with Gasteiger partial charge in [-0.1, -0.05) is 23.4 Å². The van der Waals surface area contributed by atoms with Crippen molar-refractivity contribution in [1.29, 1.82) is 0 Å². The van der Waals surface area contributed by atoms with Gasteiger partial charge in [0.1, 0.15) is 18.6 Å². The van der Waals surface area contributed by atoms with E-state index >= 15 is 0 Å². The normalized spacial score (nSPS) is 10.4. The van der Waals surface area contributed by atoms with Crippen molar-refractivity contribution >= 4 is 6.21 Å². The Hall–Kier alpha value is -2.29. The second kappa shape index (κ2) is 5.70. The lowest BCUT2D eigenvalue weighted by molar-refractivity contribution is 0.215. The lowest BCUT2D eigenvalue weighted by atomic mass is 10.2. The van der Waals surface area contributed by atoms with Gasteiger partial charge in [0.2, 0.25) is 0 Å². The van der Waals surface area contributed by atoms with Gasteiger partial charge in [0.25, 0.3) is 0 Å². The minimum absolute atomic E-state index is 0.797. The molecule has 0 heterocycles. The maximum absolute atomic E-state index is 5.66. The molecule has 0 aliphatic carbocycles. The van der Waals surface area contributed by atoms with E-state index in [9.17, 15) is 0 Å². The molecule has 0 saturated carbocycles. The van der Waals surface area contributed by atoms with E-state index in [4.69, 9.17) is 4.74 Å². The predicted molar refractivity (Wildman–Crippen MR) is 67.6 cm³/mol. The van der Waals surface area contributed by atoms with Crippen LogP contribution in [0, 0.1) is 0 Å². The first-order valence-electron chi connectivity index (χ1n) is 5.28. The number of rotatable bonds is 4. The van der Waals surface area contributed by atoms with E-state index < -0.39 is 0 Å². The van der Waals surface area contributed by atoms with E-state index in [1.54, 1.807) is 6.21 Å². The van der Waals surface area contributed by atoms with Crippen molar-refractivity contribution in [3.05, 3.63) is 60.2 Å². The minimum atomic E-state index is 0.797. The Labute approximate surface area is 100 Å². The average Bonchev–Trinajstić information content (AvgIpc) is 2.39. The summed E-state index contributed by atoms with van der Waals surface area (Å²) in [5, 5.41) is 3.69. The molecule has 3 heteroatoms. The van der Waals surface area contributed by atoms with Gasteiger partial charge in [0.05, 0.1) is 6.21 Å². The number of hydrogen-bond acceptors (Lipinski definition) is 3. The zero-order chi connectivity index (χ0) is 11.9. The largest absolute Gasteiger partial charge is 0.457 e. The number of hydrogen-bond donors (Lipinski definition) is 0. The molecule has 17 heavy (non-hydrogen) atoms. The van der Waals surface area contributed by atoms with Crippen LogP contribution >= 0.6 is 0 Å². The summed E-state index contributed by atoms with van der Waals surface area (Å²) >= 11 is 0. The van der Waals surface area contributed by atoms with Gasteiger partial charge in [-0.25, -0.2) is 0 Å². The van der Waals surface area contributed by atoms with Crippen molar-refractivity contribution in [1.82, 2.24) is 0 Å². The first-order valence-corrected chi connectivity index (χ1v) is 5.28. The fraction of sp³-hybridized carbons (Fsp3) is 0.0714. The Bertz CT molecular complexity index is 477. The van der Waals surface area contributed by atoms with Crippen LogP contribution in [-0.4, -0.2) is 13.3 Å². The fourth-order valence-corrected chi connectivity index (χ4v) is 1.36. The third-order valence-electron chi connectivity index (χ3n) is 2.17. The molecule has 0 N–H and O–H groups in total. The summed E-state index contributed by atoms with van der Waals surface area (Å²) in [5.74, 6) is 1.62. The molecule has 2 rings (SSSR count). The molecule has 0 radical (unpaired) electrons. The number of ether oxygens (including phenoxy) is 1. The molecule has 0 aromatic heterocycles. The van der Waals surface area contributed by atoms with E-state index in [1.807, 2.05) is 54.6 Å². The van der Waals surface area contributed by atoms with Crippen LogP contribution in [0.25, 0.3) is 0 Å². The molecule has 0 aliphatic heterocycles. The van der Waals surface area contributed by atoms with Crippen LogP contribution in [0.15, 0.2) is 59.8 Å². The molecule has 0 spiro atoms. The molecule has 2 aromatic rings. The van der Waals surface area contributed by atoms with E-state index in [0.29, 0.717) is 0 Å². The van der Waals surface area contributed by atoms with Crippen molar-refractivity contribution in [2.75, 3.05) is 7.11 Å². The standard InChI is InChI=1S/C14H13NO2/c1-16-15-11-12-7-9-14(10-8-12)17-13-5-3-2-4-6-13/h2-11H,1H3/b15-11+. The predicted octanol–water partition coefficient (Wildman–Crippen LogP) is 3.46. The van der Waals surface area contributed by atoms with Gasteiger partial charge in [-0.05, 0) is 42.0 Å². The van der Waals surface area contributed by atoms with Crippen molar-refractivity contribution in [2.45, 2.75) is 0 Å². The van der Waals surface area contributed by atoms with Crippen LogP contribution < -0.4 is 4.74 Å². The van der Waals surface area contributed by atoms with Gasteiger partial charge in [0.15, 0.2) is 0 Å². The zero-order valence-corrected chi connectivity index (χ0v) is 9.54. The van der Waals surface area contributed by atoms with Gasteiger partial charge in [0, 0.05) is 0 Å². The van der Waals surface area contributed by atoms with Crippen LogP contribution in [0.1, 0.15) is 5.56 Å². The number of nitrogens with zero attached hydrogens (tertiary/aromatic N) is 1. The zero-order valence-electron chi connectivity index (χ0n) is 9.54. The van der Waals surface area contributed by atoms with Crippen molar-refractivity contribution in [3.8, 4) is 11.5 Å². The fourth-order valence-electron chi connectivity index (χ4n) is 1.36. The second-order valence-electron chi connectivity index (χ2n) is 3.40. The summed E-state index contributed by atoms with van der Waals surface area (Å²) in [7, 11) is 1.52. The number of benzene rings is 2. The molecule has 86 valence electrons. The minimum Gasteiger partial charge on any atom is -0.457 e. The van der Waals surface area contributed by atoms with Crippen LogP contribution in [0.3, 0.4) is 0 Å². The number of oxime groups is 1. The summed E-state index contributed by atoms with van der Waals surface area (Å²) < 4.78 is 5.66. The van der Waals surface area contributed by atoms with Gasteiger partial charge in [-0.15, -0.1) is 0 Å². The molecule has 2 aromatic carbocycles. The molecule has 0 fully saturated rings. The molecule has 0 amide bonds. The third-order valence-corrected chi connectivity index (χ3v) is 2.17. The molecular weight excluding hydrogens is 214 g/mol. The topological polar surface area (TPSA) is 30.8 Å². The molecule has 3 nitrogen and oxygen atoms in total. The van der Waals surface area contributed by atoms with Crippen molar-refractivity contribution in [2.24, 2.45) is 5.16 Å².